The molecule has 0 spiro atoms. The number of nitrogen functional groups attached to an aromatic ring is 1. The Morgan fingerprint density at radius 1 is 0.892 bits per heavy atom. The Bertz CT molecular complexity index is 1330. The second-order valence-electron chi connectivity index (χ2n) is 9.33. The van der Waals surface area contributed by atoms with Gasteiger partial charge in [0.25, 0.3) is 6.01 Å². The molecule has 1 aliphatic heterocycles. The van der Waals surface area contributed by atoms with Crippen LogP contribution in [-0.4, -0.2) is 64.9 Å². The van der Waals surface area contributed by atoms with Gasteiger partial charge in [-0.2, -0.15) is 15.0 Å². The summed E-state index contributed by atoms with van der Waals surface area (Å²) < 4.78 is 18.0. The first kappa shape index (κ1) is 25.0. The molecule has 37 heavy (non-hydrogen) atoms. The largest absolute Gasteiger partial charge is 0.468 e. The van der Waals surface area contributed by atoms with Gasteiger partial charge in [-0.25, -0.2) is 0 Å². The van der Waals surface area contributed by atoms with E-state index in [0.29, 0.717) is 43.0 Å². The Morgan fingerprint density at radius 2 is 1.57 bits per heavy atom. The molecule has 1 fully saturated rings. The van der Waals surface area contributed by atoms with Gasteiger partial charge in [-0.3, -0.25) is 9.47 Å². The molecule has 5 rings (SSSR count). The summed E-state index contributed by atoms with van der Waals surface area (Å²) in [7, 11) is 3.19. The van der Waals surface area contributed by atoms with E-state index in [1.807, 2.05) is 4.57 Å². The molecule has 0 saturated carbocycles. The minimum absolute atomic E-state index is 0.184. The predicted octanol–water partition coefficient (Wildman–Crippen LogP) is 4.31. The number of hydrogen-bond acceptors (Lipinski definition) is 8. The highest BCUT2D eigenvalue weighted by molar-refractivity contribution is 5.83. The fourth-order valence-corrected chi connectivity index (χ4v) is 4.84. The first-order chi connectivity index (χ1) is 18.1. The number of ether oxygens (including phenoxy) is 3. The molecule has 9 nitrogen and oxygen atoms in total. The Balaban J connectivity index is 1.35. The highest BCUT2D eigenvalue weighted by atomic mass is 16.5. The number of imidazole rings is 1. The highest BCUT2D eigenvalue weighted by Gasteiger charge is 2.20. The van der Waals surface area contributed by atoms with Crippen LogP contribution >= 0.6 is 0 Å². The summed E-state index contributed by atoms with van der Waals surface area (Å²) in [5.41, 5.74) is 12.0. The van der Waals surface area contributed by atoms with E-state index in [1.165, 1.54) is 42.6 Å². The maximum absolute atomic E-state index is 6.14. The molecule has 0 amide bonds. The van der Waals surface area contributed by atoms with Crippen LogP contribution in [0.5, 0.6) is 12.0 Å². The van der Waals surface area contributed by atoms with Gasteiger partial charge in [0.15, 0.2) is 17.0 Å². The number of rotatable bonds is 10. The molecule has 1 aliphatic rings. The van der Waals surface area contributed by atoms with Crippen LogP contribution in [0.3, 0.4) is 0 Å². The van der Waals surface area contributed by atoms with Crippen LogP contribution in [-0.2, 0) is 11.3 Å². The number of benzene rings is 2. The second kappa shape index (κ2) is 11.1. The molecule has 9 heteroatoms. The molecule has 4 aromatic rings. The minimum Gasteiger partial charge on any atom is -0.468 e. The molecule has 194 valence electrons. The standard InChI is InChI=1S/C28H34N6O3/c1-19(33-14-4-5-15-33)21-10-12-23(13-11-21)22-8-6-20(7-9-22)18-34-26-24(30-28(34)36-3)25(29)31-27(32-26)37-17-16-35-2/h6-13,19H,4-5,14-18H2,1-3H3,(H2,29,31,32). The lowest BCUT2D eigenvalue weighted by atomic mass is 10.00. The number of anilines is 1. The Kier molecular flexibility index (Phi) is 7.52. The van der Waals surface area contributed by atoms with E-state index < -0.39 is 0 Å². The molecule has 1 saturated heterocycles. The second-order valence-corrected chi connectivity index (χ2v) is 9.33. The molecule has 1 unspecified atom stereocenters. The van der Waals surface area contributed by atoms with E-state index in [0.717, 1.165) is 5.56 Å². The van der Waals surface area contributed by atoms with Crippen molar-refractivity contribution < 1.29 is 14.2 Å². The minimum atomic E-state index is 0.184. The third-order valence-corrected chi connectivity index (χ3v) is 6.98. The molecule has 1 atom stereocenters. The highest BCUT2D eigenvalue weighted by Crippen LogP contribution is 2.29. The molecule has 2 aromatic heterocycles. The zero-order chi connectivity index (χ0) is 25.8. The predicted molar refractivity (Wildman–Crippen MR) is 144 cm³/mol. The summed E-state index contributed by atoms with van der Waals surface area (Å²) in [6, 6.07) is 18.5. The zero-order valence-electron chi connectivity index (χ0n) is 21.7. The van der Waals surface area contributed by atoms with Gasteiger partial charge in [-0.15, -0.1) is 0 Å². The summed E-state index contributed by atoms with van der Waals surface area (Å²) in [5.74, 6) is 0.243. The molecular formula is C28H34N6O3. The lowest BCUT2D eigenvalue weighted by Gasteiger charge is -2.24. The van der Waals surface area contributed by atoms with Gasteiger partial charge in [0, 0.05) is 13.2 Å². The van der Waals surface area contributed by atoms with Gasteiger partial charge in [0.2, 0.25) is 0 Å². The Morgan fingerprint density at radius 3 is 2.22 bits per heavy atom. The summed E-state index contributed by atoms with van der Waals surface area (Å²) >= 11 is 0. The molecule has 2 N–H and O–H groups in total. The first-order valence-electron chi connectivity index (χ1n) is 12.7. The van der Waals surface area contributed by atoms with Crippen LogP contribution < -0.4 is 15.2 Å². The monoisotopic (exact) mass is 502 g/mol. The normalized spacial score (nSPS) is 14.8. The van der Waals surface area contributed by atoms with E-state index in [4.69, 9.17) is 19.9 Å². The molecule has 0 radical (unpaired) electrons. The number of aromatic nitrogens is 4. The van der Waals surface area contributed by atoms with E-state index >= 15 is 0 Å². The average molecular weight is 503 g/mol. The van der Waals surface area contributed by atoms with Gasteiger partial charge >= 0.3 is 6.01 Å². The average Bonchev–Trinajstić information content (AvgIpc) is 3.58. The van der Waals surface area contributed by atoms with Crippen molar-refractivity contribution in [3.8, 4) is 23.1 Å². The number of likely N-dealkylation sites (tertiary alicyclic amines) is 1. The van der Waals surface area contributed by atoms with Crippen LogP contribution in [0.4, 0.5) is 5.82 Å². The van der Waals surface area contributed by atoms with E-state index in [1.54, 1.807) is 14.2 Å². The maximum Gasteiger partial charge on any atom is 0.320 e. The molecule has 0 bridgehead atoms. The number of fused-ring (bicyclic) bond motifs is 1. The van der Waals surface area contributed by atoms with Crippen molar-refractivity contribution in [3.05, 3.63) is 59.7 Å². The van der Waals surface area contributed by atoms with Crippen LogP contribution in [0.2, 0.25) is 0 Å². The number of nitrogens with two attached hydrogens (primary N) is 1. The van der Waals surface area contributed by atoms with E-state index in [9.17, 15) is 0 Å². The van der Waals surface area contributed by atoms with Crippen LogP contribution in [0.1, 0.15) is 36.9 Å². The third kappa shape index (κ3) is 5.38. The van der Waals surface area contributed by atoms with Crippen molar-refractivity contribution in [2.75, 3.05) is 46.3 Å². The lowest BCUT2D eigenvalue weighted by Crippen LogP contribution is -2.23. The molecule has 2 aromatic carbocycles. The quantitative estimate of drug-likeness (QED) is 0.320. The summed E-state index contributed by atoms with van der Waals surface area (Å²) in [6.07, 6.45) is 2.61. The summed E-state index contributed by atoms with van der Waals surface area (Å²) in [5, 5.41) is 0. The summed E-state index contributed by atoms with van der Waals surface area (Å²) in [6.45, 7) is 5.96. The zero-order valence-corrected chi connectivity index (χ0v) is 21.7. The van der Waals surface area contributed by atoms with Crippen molar-refractivity contribution in [2.24, 2.45) is 0 Å². The van der Waals surface area contributed by atoms with Gasteiger partial charge in [0.1, 0.15) is 6.61 Å². The van der Waals surface area contributed by atoms with E-state index in [-0.39, 0.29) is 11.8 Å². The van der Waals surface area contributed by atoms with Gasteiger partial charge in [-0.1, -0.05) is 48.5 Å². The van der Waals surface area contributed by atoms with Gasteiger partial charge in [-0.05, 0) is 55.1 Å². The van der Waals surface area contributed by atoms with E-state index in [2.05, 4.69) is 75.3 Å². The molecular weight excluding hydrogens is 468 g/mol. The maximum atomic E-state index is 6.14. The first-order valence-corrected chi connectivity index (χ1v) is 12.7. The number of hydrogen-bond donors (Lipinski definition) is 1. The molecule has 3 heterocycles. The smallest absolute Gasteiger partial charge is 0.320 e. The van der Waals surface area contributed by atoms with Crippen LogP contribution in [0.25, 0.3) is 22.3 Å². The number of nitrogens with zero attached hydrogens (tertiary/aromatic N) is 5. The van der Waals surface area contributed by atoms with Gasteiger partial charge in [0.05, 0.1) is 20.3 Å². The summed E-state index contributed by atoms with van der Waals surface area (Å²) in [4.78, 5) is 15.8. The fourth-order valence-electron chi connectivity index (χ4n) is 4.84. The fraction of sp³-hybridized carbons (Fsp3) is 0.393. The third-order valence-electron chi connectivity index (χ3n) is 6.98. The van der Waals surface area contributed by atoms with Crippen LogP contribution in [0.15, 0.2) is 48.5 Å². The SMILES string of the molecule is COCCOc1nc(N)c2nc(OC)n(Cc3ccc(-c4ccc(C(C)N5CCCC5)cc4)cc3)c2n1. The van der Waals surface area contributed by atoms with Crippen molar-refractivity contribution in [1.82, 2.24) is 24.4 Å². The van der Waals surface area contributed by atoms with Crippen LogP contribution in [0, 0.1) is 0 Å². The topological polar surface area (TPSA) is 101 Å². The van der Waals surface area contributed by atoms with Crippen molar-refractivity contribution in [2.45, 2.75) is 32.4 Å². The Labute approximate surface area is 217 Å². The lowest BCUT2D eigenvalue weighted by molar-refractivity contribution is 0.141. The van der Waals surface area contributed by atoms with Crippen molar-refractivity contribution in [3.63, 3.8) is 0 Å². The van der Waals surface area contributed by atoms with Gasteiger partial charge < -0.3 is 19.9 Å². The molecule has 0 aliphatic carbocycles. The van der Waals surface area contributed by atoms with Crippen molar-refractivity contribution >= 4 is 17.0 Å². The van der Waals surface area contributed by atoms with Crippen molar-refractivity contribution in [1.29, 1.82) is 0 Å². The Hall–Kier alpha value is -3.69. The number of methoxy groups -OCH3 is 2.